The van der Waals surface area contributed by atoms with E-state index in [1.165, 1.54) is 0 Å². The van der Waals surface area contributed by atoms with Crippen LogP contribution in [0, 0.1) is 17.0 Å². The van der Waals surface area contributed by atoms with Crippen LogP contribution in [-0.4, -0.2) is 49.0 Å². The van der Waals surface area contributed by atoms with Crippen LogP contribution in [0.5, 0.6) is 0 Å². The van der Waals surface area contributed by atoms with Crippen LogP contribution in [0.3, 0.4) is 0 Å². The van der Waals surface area contributed by atoms with Crippen LogP contribution in [0.2, 0.25) is 0 Å². The van der Waals surface area contributed by atoms with E-state index in [1.807, 2.05) is 6.07 Å². The predicted molar refractivity (Wildman–Crippen MR) is 87.0 cm³/mol. The standard InChI is InChI=1S/C16H21N3O4/c1-11-8-13(9-14(16(11)17)19(20)21)12-2-4-18(5-3-12)10-15-22-6-7-23-15/h2,8-9,15H,3-7,10,17H2,1H3. The summed E-state index contributed by atoms with van der Waals surface area (Å²) in [6, 6.07) is 3.50. The summed E-state index contributed by atoms with van der Waals surface area (Å²) in [4.78, 5) is 13.0. The Hall–Kier alpha value is -1.96. The summed E-state index contributed by atoms with van der Waals surface area (Å²) >= 11 is 0. The molecule has 1 saturated heterocycles. The van der Waals surface area contributed by atoms with Gasteiger partial charge >= 0.3 is 0 Å². The van der Waals surface area contributed by atoms with Crippen LogP contribution >= 0.6 is 0 Å². The maximum Gasteiger partial charge on any atom is 0.292 e. The molecule has 1 aromatic rings. The number of rotatable bonds is 4. The molecule has 2 N–H and O–H groups in total. The zero-order valence-corrected chi connectivity index (χ0v) is 13.2. The number of hydrogen-bond donors (Lipinski definition) is 1. The topological polar surface area (TPSA) is 90.9 Å². The van der Waals surface area contributed by atoms with Gasteiger partial charge in [0.2, 0.25) is 0 Å². The zero-order valence-electron chi connectivity index (χ0n) is 13.2. The maximum atomic E-state index is 11.1. The van der Waals surface area contributed by atoms with Gasteiger partial charge in [-0.3, -0.25) is 15.0 Å². The first-order chi connectivity index (χ1) is 11.0. The molecule has 0 aliphatic carbocycles. The van der Waals surface area contributed by atoms with Gasteiger partial charge in [0, 0.05) is 25.7 Å². The molecule has 3 rings (SSSR count). The number of anilines is 1. The van der Waals surface area contributed by atoms with E-state index in [1.54, 1.807) is 13.0 Å². The minimum atomic E-state index is -0.420. The molecule has 124 valence electrons. The number of nitro benzene ring substituents is 1. The molecular weight excluding hydrogens is 298 g/mol. The summed E-state index contributed by atoms with van der Waals surface area (Å²) < 4.78 is 10.9. The fourth-order valence-electron chi connectivity index (χ4n) is 2.98. The van der Waals surface area contributed by atoms with Gasteiger partial charge in [-0.1, -0.05) is 6.08 Å². The number of nitrogen functional groups attached to an aromatic ring is 1. The molecule has 7 nitrogen and oxygen atoms in total. The highest BCUT2D eigenvalue weighted by Crippen LogP contribution is 2.32. The summed E-state index contributed by atoms with van der Waals surface area (Å²) in [5, 5.41) is 11.1. The number of nitrogens with two attached hydrogens (primary N) is 1. The molecule has 0 saturated carbocycles. The lowest BCUT2D eigenvalue weighted by atomic mass is 9.96. The molecule has 23 heavy (non-hydrogen) atoms. The van der Waals surface area contributed by atoms with Crippen molar-refractivity contribution in [1.82, 2.24) is 4.90 Å². The lowest BCUT2D eigenvalue weighted by Crippen LogP contribution is -2.36. The first-order valence-electron chi connectivity index (χ1n) is 7.74. The van der Waals surface area contributed by atoms with Crippen LogP contribution in [0.15, 0.2) is 18.2 Å². The van der Waals surface area contributed by atoms with Gasteiger partial charge in [-0.25, -0.2) is 0 Å². The number of aryl methyl sites for hydroxylation is 1. The number of nitrogens with zero attached hydrogens (tertiary/aromatic N) is 2. The quantitative estimate of drug-likeness (QED) is 0.518. The lowest BCUT2D eigenvalue weighted by Gasteiger charge is -2.28. The van der Waals surface area contributed by atoms with E-state index in [9.17, 15) is 10.1 Å². The van der Waals surface area contributed by atoms with E-state index in [4.69, 9.17) is 15.2 Å². The molecule has 0 radical (unpaired) electrons. The molecule has 2 aliphatic rings. The molecule has 0 atom stereocenters. The van der Waals surface area contributed by atoms with Gasteiger partial charge in [-0.2, -0.15) is 0 Å². The summed E-state index contributed by atoms with van der Waals surface area (Å²) in [6.07, 6.45) is 2.82. The third-order valence-corrected chi connectivity index (χ3v) is 4.32. The monoisotopic (exact) mass is 319 g/mol. The van der Waals surface area contributed by atoms with E-state index in [2.05, 4.69) is 11.0 Å². The highest BCUT2D eigenvalue weighted by Gasteiger charge is 2.23. The third-order valence-electron chi connectivity index (χ3n) is 4.32. The smallest absolute Gasteiger partial charge is 0.292 e. The fraction of sp³-hybridized carbons (Fsp3) is 0.500. The van der Waals surface area contributed by atoms with Gasteiger partial charge in [-0.05, 0) is 36.1 Å². The van der Waals surface area contributed by atoms with E-state index in [0.29, 0.717) is 13.2 Å². The number of ether oxygens (including phenoxy) is 2. The van der Waals surface area contributed by atoms with Crippen LogP contribution in [0.25, 0.3) is 5.57 Å². The molecule has 0 aromatic heterocycles. The Morgan fingerprint density at radius 2 is 2.13 bits per heavy atom. The van der Waals surface area contributed by atoms with Gasteiger partial charge < -0.3 is 15.2 Å². The second-order valence-corrected chi connectivity index (χ2v) is 5.89. The van der Waals surface area contributed by atoms with Crippen LogP contribution in [-0.2, 0) is 9.47 Å². The van der Waals surface area contributed by atoms with Crippen molar-refractivity contribution in [3.8, 4) is 0 Å². The Kier molecular flexibility index (Phi) is 4.61. The van der Waals surface area contributed by atoms with Gasteiger partial charge in [-0.15, -0.1) is 0 Å². The summed E-state index contributed by atoms with van der Waals surface area (Å²) in [7, 11) is 0. The summed E-state index contributed by atoms with van der Waals surface area (Å²) in [5.41, 5.74) is 8.78. The van der Waals surface area contributed by atoms with Crippen LogP contribution in [0.4, 0.5) is 11.4 Å². The average Bonchev–Trinajstić information content (AvgIpc) is 3.03. The minimum Gasteiger partial charge on any atom is -0.393 e. The third kappa shape index (κ3) is 3.52. The van der Waals surface area contributed by atoms with Crippen molar-refractivity contribution < 1.29 is 14.4 Å². The van der Waals surface area contributed by atoms with Gasteiger partial charge in [0.25, 0.3) is 5.69 Å². The van der Waals surface area contributed by atoms with Crippen molar-refractivity contribution in [2.45, 2.75) is 19.6 Å². The van der Waals surface area contributed by atoms with E-state index in [-0.39, 0.29) is 17.7 Å². The fourth-order valence-corrected chi connectivity index (χ4v) is 2.98. The number of hydrogen-bond acceptors (Lipinski definition) is 6. The molecular formula is C16H21N3O4. The first-order valence-corrected chi connectivity index (χ1v) is 7.74. The van der Waals surface area contributed by atoms with E-state index < -0.39 is 4.92 Å². The first kappa shape index (κ1) is 15.9. The Balaban J connectivity index is 1.73. The molecule has 0 bridgehead atoms. The van der Waals surface area contributed by atoms with E-state index in [0.717, 1.165) is 42.8 Å². The van der Waals surface area contributed by atoms with Gasteiger partial charge in [0.15, 0.2) is 6.29 Å². The molecule has 1 aromatic carbocycles. The van der Waals surface area contributed by atoms with Crippen LogP contribution in [0.1, 0.15) is 17.5 Å². The largest absolute Gasteiger partial charge is 0.393 e. The molecule has 0 spiro atoms. The van der Waals surface area contributed by atoms with Crippen molar-refractivity contribution in [3.05, 3.63) is 39.4 Å². The van der Waals surface area contributed by atoms with Crippen molar-refractivity contribution in [2.24, 2.45) is 0 Å². The van der Waals surface area contributed by atoms with Crippen molar-refractivity contribution >= 4 is 16.9 Å². The summed E-state index contributed by atoms with van der Waals surface area (Å²) in [6.45, 7) is 5.55. The molecule has 1 fully saturated rings. The SMILES string of the molecule is Cc1cc(C2=CCN(CC3OCCO3)CC2)cc([N+](=O)[O-])c1N. The minimum absolute atomic E-state index is 0.0175. The highest BCUT2D eigenvalue weighted by molar-refractivity contribution is 5.74. The predicted octanol–water partition coefficient (Wildman–Crippen LogP) is 1.95. The molecule has 7 heteroatoms. The number of benzene rings is 1. The van der Waals surface area contributed by atoms with Crippen molar-refractivity contribution in [3.63, 3.8) is 0 Å². The maximum absolute atomic E-state index is 11.1. The van der Waals surface area contributed by atoms with Crippen molar-refractivity contribution in [1.29, 1.82) is 0 Å². The molecule has 0 unspecified atom stereocenters. The highest BCUT2D eigenvalue weighted by atomic mass is 16.7. The van der Waals surface area contributed by atoms with Gasteiger partial charge in [0.05, 0.1) is 18.1 Å². The Bertz CT molecular complexity index is 638. The molecule has 2 aliphatic heterocycles. The van der Waals surface area contributed by atoms with E-state index >= 15 is 0 Å². The van der Waals surface area contributed by atoms with Gasteiger partial charge in [0.1, 0.15) is 5.69 Å². The zero-order chi connectivity index (χ0) is 16.4. The normalized spacial score (nSPS) is 19.8. The Morgan fingerprint density at radius 1 is 1.39 bits per heavy atom. The second kappa shape index (κ2) is 6.66. The van der Waals surface area contributed by atoms with Crippen molar-refractivity contribution in [2.75, 3.05) is 38.6 Å². The molecule has 2 heterocycles. The summed E-state index contributed by atoms with van der Waals surface area (Å²) in [5.74, 6) is 0. The lowest BCUT2D eigenvalue weighted by molar-refractivity contribution is -0.383. The average molecular weight is 319 g/mol. The Morgan fingerprint density at radius 3 is 2.74 bits per heavy atom. The van der Waals surface area contributed by atoms with Crippen LogP contribution < -0.4 is 5.73 Å². The Labute approximate surface area is 134 Å². The second-order valence-electron chi connectivity index (χ2n) is 5.89. The number of nitro groups is 1. The molecule has 0 amide bonds.